The van der Waals surface area contributed by atoms with Crippen LogP contribution in [-0.2, 0) is 19.1 Å². The second kappa shape index (κ2) is 10.1. The number of imide groups is 1. The van der Waals surface area contributed by atoms with Gasteiger partial charge >= 0.3 is 5.97 Å². The molecule has 1 saturated heterocycles. The van der Waals surface area contributed by atoms with E-state index in [1.807, 2.05) is 0 Å². The Morgan fingerprint density at radius 3 is 2.12 bits per heavy atom. The van der Waals surface area contributed by atoms with Crippen LogP contribution in [0.25, 0.3) is 0 Å². The van der Waals surface area contributed by atoms with E-state index in [0.29, 0.717) is 22.9 Å². The number of carbonyl (C=O) groups excluding carboxylic acids is 3. The number of hydrogen-bond acceptors (Lipinski definition) is 7. The molecule has 1 aliphatic heterocycles. The van der Waals surface area contributed by atoms with Crippen molar-refractivity contribution in [3.8, 4) is 11.5 Å². The molecule has 3 rings (SSSR count). The highest BCUT2D eigenvalue weighted by Crippen LogP contribution is 2.28. The predicted molar refractivity (Wildman–Crippen MR) is 122 cm³/mol. The van der Waals surface area contributed by atoms with Gasteiger partial charge in [-0.1, -0.05) is 0 Å². The normalized spacial score (nSPS) is 15.3. The fourth-order valence-corrected chi connectivity index (χ4v) is 3.57. The first-order chi connectivity index (χ1) is 15.4. The second-order valence-electron chi connectivity index (χ2n) is 6.85. The molecule has 1 fully saturated rings. The van der Waals surface area contributed by atoms with Crippen molar-refractivity contribution < 1.29 is 28.6 Å². The van der Waals surface area contributed by atoms with Crippen molar-refractivity contribution in [1.29, 1.82) is 0 Å². The summed E-state index contributed by atoms with van der Waals surface area (Å²) in [4.78, 5) is 40.4. The summed E-state index contributed by atoms with van der Waals surface area (Å²) in [5, 5.41) is 3.11. The summed E-state index contributed by atoms with van der Waals surface area (Å²) in [5.74, 6) is -0.205. The summed E-state index contributed by atoms with van der Waals surface area (Å²) in [7, 11) is 4.33. The molecule has 0 saturated carbocycles. The number of ether oxygens (including phenoxy) is 3. The quantitative estimate of drug-likeness (QED) is 0.381. The third kappa shape index (κ3) is 4.97. The maximum absolute atomic E-state index is 13.2. The van der Waals surface area contributed by atoms with Crippen molar-refractivity contribution in [1.82, 2.24) is 4.90 Å². The molecule has 0 bridgehead atoms. The number of amides is 2. The number of rotatable bonds is 7. The summed E-state index contributed by atoms with van der Waals surface area (Å²) in [6, 6.07) is 12.6. The van der Waals surface area contributed by atoms with Crippen LogP contribution in [0.4, 0.5) is 11.4 Å². The van der Waals surface area contributed by atoms with Crippen LogP contribution < -0.4 is 19.7 Å². The molecule has 9 nitrogen and oxygen atoms in total. The number of thiocarbonyl (C=S) groups is 1. The molecule has 0 aromatic heterocycles. The molecular weight excluding hydrogens is 434 g/mol. The lowest BCUT2D eigenvalue weighted by Gasteiger charge is -2.29. The molecule has 1 atom stereocenters. The SMILES string of the molecule is COC(=O)CN(C(=S)Nc1ccc(OC)cc1)C1CC(=O)N(c2ccc(OC)cc2)C1=O. The number of anilines is 2. The molecule has 10 heteroatoms. The van der Waals surface area contributed by atoms with E-state index < -0.39 is 23.8 Å². The maximum atomic E-state index is 13.2. The first-order valence-corrected chi connectivity index (χ1v) is 10.1. The number of nitrogens with zero attached hydrogens (tertiary/aromatic N) is 2. The molecule has 1 N–H and O–H groups in total. The Morgan fingerprint density at radius 1 is 1.03 bits per heavy atom. The van der Waals surface area contributed by atoms with Gasteiger partial charge in [0.2, 0.25) is 5.91 Å². The Hall–Kier alpha value is -3.66. The lowest BCUT2D eigenvalue weighted by molar-refractivity contribution is -0.141. The van der Waals surface area contributed by atoms with Gasteiger partial charge in [-0.25, -0.2) is 4.90 Å². The van der Waals surface area contributed by atoms with Crippen LogP contribution in [0.2, 0.25) is 0 Å². The molecule has 2 aromatic carbocycles. The lowest BCUT2D eigenvalue weighted by atomic mass is 10.2. The van der Waals surface area contributed by atoms with Crippen LogP contribution in [0.15, 0.2) is 48.5 Å². The topological polar surface area (TPSA) is 97.4 Å². The van der Waals surface area contributed by atoms with E-state index in [0.717, 1.165) is 4.90 Å². The van der Waals surface area contributed by atoms with Gasteiger partial charge in [0, 0.05) is 5.69 Å². The monoisotopic (exact) mass is 457 g/mol. The largest absolute Gasteiger partial charge is 0.497 e. The highest BCUT2D eigenvalue weighted by atomic mass is 32.1. The highest BCUT2D eigenvalue weighted by molar-refractivity contribution is 7.80. The molecule has 2 amide bonds. The van der Waals surface area contributed by atoms with Crippen LogP contribution in [0.5, 0.6) is 11.5 Å². The van der Waals surface area contributed by atoms with E-state index in [9.17, 15) is 14.4 Å². The summed E-state index contributed by atoms with van der Waals surface area (Å²) in [6.07, 6.45) is -0.133. The van der Waals surface area contributed by atoms with Crippen LogP contribution in [-0.4, -0.2) is 61.7 Å². The van der Waals surface area contributed by atoms with Gasteiger partial charge in [-0.05, 0) is 60.7 Å². The second-order valence-corrected chi connectivity index (χ2v) is 7.23. The Kier molecular flexibility index (Phi) is 7.26. The number of esters is 1. The molecule has 0 spiro atoms. The van der Waals surface area contributed by atoms with Crippen molar-refractivity contribution in [3.63, 3.8) is 0 Å². The number of nitrogens with one attached hydrogen (secondary N) is 1. The third-order valence-corrected chi connectivity index (χ3v) is 5.30. The summed E-state index contributed by atoms with van der Waals surface area (Å²) in [5.41, 5.74) is 1.05. The molecule has 1 aliphatic rings. The predicted octanol–water partition coefficient (Wildman–Crippen LogP) is 2.21. The number of benzene rings is 2. The smallest absolute Gasteiger partial charge is 0.325 e. The van der Waals surface area contributed by atoms with Crippen molar-refractivity contribution in [3.05, 3.63) is 48.5 Å². The lowest BCUT2D eigenvalue weighted by Crippen LogP contribution is -2.49. The maximum Gasteiger partial charge on any atom is 0.325 e. The molecule has 1 heterocycles. The van der Waals surface area contributed by atoms with Gasteiger partial charge < -0.3 is 24.4 Å². The van der Waals surface area contributed by atoms with Crippen LogP contribution in [0.3, 0.4) is 0 Å². The third-order valence-electron chi connectivity index (χ3n) is 4.96. The molecule has 2 aromatic rings. The Balaban J connectivity index is 1.83. The Morgan fingerprint density at radius 2 is 1.59 bits per heavy atom. The fraction of sp³-hybridized carbons (Fsp3) is 0.273. The zero-order valence-electron chi connectivity index (χ0n) is 17.9. The fourth-order valence-electron chi connectivity index (χ4n) is 3.26. The Labute approximate surface area is 190 Å². The van der Waals surface area contributed by atoms with E-state index in [2.05, 4.69) is 5.32 Å². The minimum absolute atomic E-state index is 0.114. The minimum Gasteiger partial charge on any atom is -0.497 e. The van der Waals surface area contributed by atoms with Crippen LogP contribution >= 0.6 is 12.2 Å². The van der Waals surface area contributed by atoms with E-state index >= 15 is 0 Å². The van der Waals surface area contributed by atoms with Gasteiger partial charge in [-0.3, -0.25) is 14.4 Å². The molecule has 168 valence electrons. The Bertz CT molecular complexity index is 1010. The summed E-state index contributed by atoms with van der Waals surface area (Å²) >= 11 is 5.48. The van der Waals surface area contributed by atoms with Gasteiger partial charge in [0.25, 0.3) is 5.91 Å². The van der Waals surface area contributed by atoms with Crippen molar-refractivity contribution >= 4 is 46.5 Å². The standard InChI is InChI=1S/C22H23N3O6S/c1-29-16-8-4-14(5-9-16)23-22(32)24(13-20(27)31-3)18-12-19(26)25(21(18)28)15-6-10-17(30-2)11-7-15/h4-11,18H,12-13H2,1-3H3,(H,23,32). The average Bonchev–Trinajstić information content (AvgIpc) is 3.11. The molecule has 0 aliphatic carbocycles. The molecule has 1 unspecified atom stereocenters. The van der Waals surface area contributed by atoms with Crippen molar-refractivity contribution in [2.24, 2.45) is 0 Å². The van der Waals surface area contributed by atoms with Crippen LogP contribution in [0.1, 0.15) is 6.42 Å². The van der Waals surface area contributed by atoms with E-state index in [1.54, 1.807) is 55.6 Å². The highest BCUT2D eigenvalue weighted by Gasteiger charge is 2.44. The first kappa shape index (κ1) is 23.0. The number of hydrogen-bond donors (Lipinski definition) is 1. The summed E-state index contributed by atoms with van der Waals surface area (Å²) < 4.78 is 15.0. The average molecular weight is 458 g/mol. The molecular formula is C22H23N3O6S. The van der Waals surface area contributed by atoms with Crippen molar-refractivity contribution in [2.45, 2.75) is 12.5 Å². The van der Waals surface area contributed by atoms with E-state index in [1.165, 1.54) is 19.1 Å². The molecule has 32 heavy (non-hydrogen) atoms. The summed E-state index contributed by atoms with van der Waals surface area (Å²) in [6.45, 7) is -0.293. The number of methoxy groups -OCH3 is 3. The van der Waals surface area contributed by atoms with E-state index in [-0.39, 0.29) is 18.1 Å². The van der Waals surface area contributed by atoms with E-state index in [4.69, 9.17) is 26.4 Å². The van der Waals surface area contributed by atoms with Crippen molar-refractivity contribution in [2.75, 3.05) is 38.1 Å². The van der Waals surface area contributed by atoms with Crippen LogP contribution in [0, 0.1) is 0 Å². The van der Waals surface area contributed by atoms with Gasteiger partial charge in [-0.15, -0.1) is 0 Å². The number of carbonyl (C=O) groups is 3. The minimum atomic E-state index is -0.957. The zero-order chi connectivity index (χ0) is 23.3. The van der Waals surface area contributed by atoms with Gasteiger partial charge in [-0.2, -0.15) is 0 Å². The van der Waals surface area contributed by atoms with Gasteiger partial charge in [0.1, 0.15) is 24.1 Å². The molecule has 0 radical (unpaired) electrons. The zero-order valence-corrected chi connectivity index (χ0v) is 18.7. The first-order valence-electron chi connectivity index (χ1n) is 9.67. The van der Waals surface area contributed by atoms with Gasteiger partial charge in [0.05, 0.1) is 33.4 Å². The van der Waals surface area contributed by atoms with Gasteiger partial charge in [0.15, 0.2) is 5.11 Å².